The van der Waals surface area contributed by atoms with Gasteiger partial charge in [0.1, 0.15) is 0 Å². The summed E-state index contributed by atoms with van der Waals surface area (Å²) < 4.78 is 50.5. The summed E-state index contributed by atoms with van der Waals surface area (Å²) in [6.07, 6.45) is 0.487. The lowest BCUT2D eigenvalue weighted by Crippen LogP contribution is -2.48. The van der Waals surface area contributed by atoms with Crippen molar-refractivity contribution in [3.8, 4) is 5.75 Å². The van der Waals surface area contributed by atoms with Gasteiger partial charge in [-0.1, -0.05) is 28.9 Å². The predicted molar refractivity (Wildman–Crippen MR) is 103 cm³/mol. The Bertz CT molecular complexity index is 1130. The standard InChI is InChI=1S/C19H17ClFN3O4S/c1-27-17-7-6-15(9-16(17)21)29(25,26)24-10-13(11-24)19-22-18(23-28-19)8-12-2-4-14(20)5-3-12/h2-7,9,13H,8,10-11H2,1H3. The van der Waals surface area contributed by atoms with E-state index in [1.165, 1.54) is 23.5 Å². The lowest BCUT2D eigenvalue weighted by molar-refractivity contribution is 0.216. The predicted octanol–water partition coefficient (Wildman–Crippen LogP) is 3.25. The molecule has 0 bridgehead atoms. The summed E-state index contributed by atoms with van der Waals surface area (Å²) in [6, 6.07) is 10.9. The van der Waals surface area contributed by atoms with Gasteiger partial charge in [-0.25, -0.2) is 12.8 Å². The molecule has 2 heterocycles. The zero-order chi connectivity index (χ0) is 20.6. The van der Waals surface area contributed by atoms with Crippen LogP contribution in [0.25, 0.3) is 0 Å². The fourth-order valence-electron chi connectivity index (χ4n) is 3.04. The number of aromatic nitrogens is 2. The fraction of sp³-hybridized carbons (Fsp3) is 0.263. The SMILES string of the molecule is COc1ccc(S(=O)(=O)N2CC(c3nc(Cc4ccc(Cl)cc4)no3)C2)cc1F. The molecule has 0 N–H and O–H groups in total. The van der Waals surface area contributed by atoms with Gasteiger partial charge in [-0.2, -0.15) is 9.29 Å². The Morgan fingerprint density at radius 2 is 1.97 bits per heavy atom. The zero-order valence-corrected chi connectivity index (χ0v) is 17.0. The lowest BCUT2D eigenvalue weighted by atomic mass is 10.0. The molecule has 0 saturated carbocycles. The maximum absolute atomic E-state index is 13.9. The van der Waals surface area contributed by atoms with Gasteiger partial charge >= 0.3 is 0 Å². The van der Waals surface area contributed by atoms with Crippen LogP contribution in [0.4, 0.5) is 4.39 Å². The number of nitrogens with zero attached hydrogens (tertiary/aromatic N) is 3. The Kier molecular flexibility index (Phi) is 5.28. The van der Waals surface area contributed by atoms with Crippen molar-refractivity contribution in [2.45, 2.75) is 17.2 Å². The normalized spacial score (nSPS) is 15.3. The molecule has 0 atom stereocenters. The summed E-state index contributed by atoms with van der Waals surface area (Å²) in [5, 5.41) is 4.61. The van der Waals surface area contributed by atoms with Crippen LogP contribution in [-0.2, 0) is 16.4 Å². The summed E-state index contributed by atoms with van der Waals surface area (Å²) >= 11 is 5.87. The van der Waals surface area contributed by atoms with Gasteiger partial charge in [0.15, 0.2) is 17.4 Å². The molecule has 0 unspecified atom stereocenters. The molecular weight excluding hydrogens is 421 g/mol. The molecule has 10 heteroatoms. The van der Waals surface area contributed by atoms with Crippen LogP contribution < -0.4 is 4.74 Å². The second kappa shape index (κ2) is 7.74. The molecule has 4 rings (SSSR count). The molecule has 1 fully saturated rings. The Labute approximate surface area is 172 Å². The maximum Gasteiger partial charge on any atom is 0.243 e. The van der Waals surface area contributed by atoms with Gasteiger partial charge in [0.05, 0.1) is 17.9 Å². The quantitative estimate of drug-likeness (QED) is 0.588. The molecule has 1 aliphatic heterocycles. The molecule has 7 nitrogen and oxygen atoms in total. The number of halogens is 2. The van der Waals surface area contributed by atoms with E-state index in [-0.39, 0.29) is 29.7 Å². The highest BCUT2D eigenvalue weighted by atomic mass is 35.5. The van der Waals surface area contributed by atoms with E-state index in [9.17, 15) is 12.8 Å². The maximum atomic E-state index is 13.9. The molecule has 0 radical (unpaired) electrons. The summed E-state index contributed by atoms with van der Waals surface area (Å²) in [5.41, 5.74) is 0.987. The van der Waals surface area contributed by atoms with Crippen LogP contribution in [-0.4, -0.2) is 43.1 Å². The van der Waals surface area contributed by atoms with Crippen molar-refractivity contribution in [3.05, 3.63) is 70.6 Å². The van der Waals surface area contributed by atoms with E-state index in [2.05, 4.69) is 10.1 Å². The molecule has 2 aromatic carbocycles. The van der Waals surface area contributed by atoms with Crippen LogP contribution in [0.3, 0.4) is 0 Å². The molecule has 1 saturated heterocycles. The Morgan fingerprint density at radius 3 is 2.62 bits per heavy atom. The van der Waals surface area contributed by atoms with Crippen LogP contribution in [0.1, 0.15) is 23.2 Å². The molecule has 29 heavy (non-hydrogen) atoms. The van der Waals surface area contributed by atoms with E-state index in [4.69, 9.17) is 20.9 Å². The summed E-state index contributed by atoms with van der Waals surface area (Å²) in [5.74, 6) is -0.0274. The van der Waals surface area contributed by atoms with Gasteiger partial charge in [0.25, 0.3) is 0 Å². The van der Waals surface area contributed by atoms with E-state index in [1.54, 1.807) is 12.1 Å². The monoisotopic (exact) mass is 437 g/mol. The lowest BCUT2D eigenvalue weighted by Gasteiger charge is -2.35. The van der Waals surface area contributed by atoms with Crippen LogP contribution >= 0.6 is 11.6 Å². The van der Waals surface area contributed by atoms with E-state index >= 15 is 0 Å². The van der Waals surface area contributed by atoms with E-state index < -0.39 is 15.8 Å². The summed E-state index contributed by atoms with van der Waals surface area (Å²) in [4.78, 5) is 4.25. The van der Waals surface area contributed by atoms with Crippen LogP contribution in [0.5, 0.6) is 5.75 Å². The Morgan fingerprint density at radius 1 is 1.24 bits per heavy atom. The first-order valence-electron chi connectivity index (χ1n) is 8.77. The third-order valence-corrected chi connectivity index (χ3v) is 6.80. The molecule has 0 amide bonds. The second-order valence-corrected chi connectivity index (χ2v) is 9.04. The van der Waals surface area contributed by atoms with E-state index in [0.29, 0.717) is 23.2 Å². The number of sulfonamides is 1. The molecule has 152 valence electrons. The Balaban J connectivity index is 1.41. The third-order valence-electron chi connectivity index (χ3n) is 4.72. The van der Waals surface area contributed by atoms with Crippen molar-refractivity contribution >= 4 is 21.6 Å². The van der Waals surface area contributed by atoms with Crippen molar-refractivity contribution in [1.82, 2.24) is 14.4 Å². The molecule has 1 aliphatic rings. The highest BCUT2D eigenvalue weighted by Crippen LogP contribution is 2.32. The molecular formula is C19H17ClFN3O4S. The number of rotatable bonds is 6. The zero-order valence-electron chi connectivity index (χ0n) is 15.4. The van der Waals surface area contributed by atoms with Crippen molar-refractivity contribution < 1.29 is 22.1 Å². The first-order valence-corrected chi connectivity index (χ1v) is 10.6. The van der Waals surface area contributed by atoms with Crippen molar-refractivity contribution in [1.29, 1.82) is 0 Å². The average molecular weight is 438 g/mol. The minimum atomic E-state index is -3.80. The minimum Gasteiger partial charge on any atom is -0.494 e. The van der Waals surface area contributed by atoms with Gasteiger partial charge in [0.2, 0.25) is 15.9 Å². The van der Waals surface area contributed by atoms with Crippen molar-refractivity contribution in [2.75, 3.05) is 20.2 Å². The minimum absolute atomic E-state index is 0.00971. The average Bonchev–Trinajstić information content (AvgIpc) is 3.10. The first-order chi connectivity index (χ1) is 13.9. The fourth-order valence-corrected chi connectivity index (χ4v) is 4.71. The Hall–Kier alpha value is -2.49. The largest absolute Gasteiger partial charge is 0.494 e. The van der Waals surface area contributed by atoms with Crippen molar-refractivity contribution in [2.24, 2.45) is 0 Å². The highest BCUT2D eigenvalue weighted by molar-refractivity contribution is 7.89. The molecule has 0 aliphatic carbocycles. The number of hydrogen-bond acceptors (Lipinski definition) is 6. The third kappa shape index (κ3) is 3.98. The van der Waals surface area contributed by atoms with Gasteiger partial charge in [-0.3, -0.25) is 0 Å². The van der Waals surface area contributed by atoms with Gasteiger partial charge in [0, 0.05) is 24.5 Å². The summed E-state index contributed by atoms with van der Waals surface area (Å²) in [6.45, 7) is 0.386. The van der Waals surface area contributed by atoms with Crippen LogP contribution in [0, 0.1) is 5.82 Å². The molecule has 3 aromatic rings. The number of hydrogen-bond donors (Lipinski definition) is 0. The number of ether oxygens (including phenoxy) is 1. The van der Waals surface area contributed by atoms with Crippen LogP contribution in [0.2, 0.25) is 5.02 Å². The highest BCUT2D eigenvalue weighted by Gasteiger charge is 2.40. The second-order valence-electron chi connectivity index (χ2n) is 6.67. The topological polar surface area (TPSA) is 85.5 Å². The van der Waals surface area contributed by atoms with Gasteiger partial charge < -0.3 is 9.26 Å². The van der Waals surface area contributed by atoms with Crippen LogP contribution in [0.15, 0.2) is 51.9 Å². The van der Waals surface area contributed by atoms with Crippen molar-refractivity contribution in [3.63, 3.8) is 0 Å². The van der Waals surface area contributed by atoms with Gasteiger partial charge in [-0.05, 0) is 35.9 Å². The smallest absolute Gasteiger partial charge is 0.243 e. The summed E-state index contributed by atoms with van der Waals surface area (Å²) in [7, 11) is -2.48. The van der Waals surface area contributed by atoms with E-state index in [1.807, 2.05) is 12.1 Å². The number of methoxy groups -OCH3 is 1. The number of benzene rings is 2. The molecule has 1 aromatic heterocycles. The van der Waals surface area contributed by atoms with Gasteiger partial charge in [-0.15, -0.1) is 0 Å². The van der Waals surface area contributed by atoms with E-state index in [0.717, 1.165) is 11.6 Å². The molecule has 0 spiro atoms. The first kappa shape index (κ1) is 19.8.